The van der Waals surface area contributed by atoms with Crippen molar-refractivity contribution in [2.75, 3.05) is 13.2 Å². The molecule has 0 aliphatic carbocycles. The predicted octanol–water partition coefficient (Wildman–Crippen LogP) is 15.5. The summed E-state index contributed by atoms with van der Waals surface area (Å²) in [7, 11) is -2.62. The van der Waals surface area contributed by atoms with Crippen molar-refractivity contribution < 1.29 is 52.5 Å². The van der Waals surface area contributed by atoms with E-state index in [1.54, 1.807) is 0 Å². The molecule has 8 aliphatic heterocycles. The van der Waals surface area contributed by atoms with Crippen molar-refractivity contribution in [1.82, 2.24) is 29.1 Å². The largest absolute Gasteiger partial charge is 2.00 e. The number of esters is 2. The third-order valence-electron chi connectivity index (χ3n) is 20.3. The number of aryl methyl sites for hydroxylation is 2. The van der Waals surface area contributed by atoms with Gasteiger partial charge < -0.3 is 19.4 Å². The van der Waals surface area contributed by atoms with Crippen molar-refractivity contribution in [2.24, 2.45) is 5.41 Å². The summed E-state index contributed by atoms with van der Waals surface area (Å²) in [4.78, 5) is 60.7. The maximum Gasteiger partial charge on any atom is 2.00 e. The van der Waals surface area contributed by atoms with Gasteiger partial charge >= 0.3 is 37.3 Å². The summed E-state index contributed by atoms with van der Waals surface area (Å²) in [5, 5.41) is 2.04. The maximum atomic E-state index is 14.3. The van der Waals surface area contributed by atoms with Crippen LogP contribution in [-0.2, 0) is 51.5 Å². The fourth-order valence-electron chi connectivity index (χ4n) is 15.0. The first-order valence-corrected chi connectivity index (χ1v) is 41.5. The van der Waals surface area contributed by atoms with Crippen molar-refractivity contribution in [3.05, 3.63) is 260 Å². The number of nitrogens with zero attached hydrogens (tertiary/aromatic N) is 8. The number of allylic oxidation sites excluding steroid dienone is 3. The van der Waals surface area contributed by atoms with Crippen LogP contribution in [0.3, 0.4) is 0 Å². The average Bonchev–Trinajstić information content (AvgIpc) is 1.43. The minimum absolute atomic E-state index is 0. The normalized spacial score (nSPS) is 17.4. The van der Waals surface area contributed by atoms with Gasteiger partial charge in [-0.1, -0.05) is 190 Å². The molecule has 0 N–H and O–H groups in total. The van der Waals surface area contributed by atoms with Gasteiger partial charge in [-0.25, -0.2) is 14.6 Å². The molecular formula is C84H82N8O5Si2Zn+2. The smallest absolute Gasteiger partial charge is 0.657 e. The molecule has 0 amide bonds. The van der Waals surface area contributed by atoms with E-state index in [0.717, 1.165) is 147 Å². The van der Waals surface area contributed by atoms with Crippen LogP contribution < -0.4 is 20.7 Å². The Hall–Kier alpha value is -9.73. The molecule has 496 valence electrons. The van der Waals surface area contributed by atoms with Crippen molar-refractivity contribution in [3.8, 4) is 22.3 Å². The molecule has 0 radical (unpaired) electrons. The summed E-state index contributed by atoms with van der Waals surface area (Å²) in [6.45, 7) is 27.3. The van der Waals surface area contributed by atoms with Gasteiger partial charge in [-0.2, -0.15) is 9.13 Å². The van der Waals surface area contributed by atoms with Gasteiger partial charge in [0.15, 0.2) is 0 Å². The monoisotopic (exact) mass is 1400 g/mol. The van der Waals surface area contributed by atoms with E-state index in [4.69, 9.17) is 29.4 Å². The Bertz CT molecular complexity index is 5500. The number of hydrogen-bond acceptors (Lipinski definition) is 7. The van der Waals surface area contributed by atoms with E-state index >= 15 is 0 Å². The van der Waals surface area contributed by atoms with Gasteiger partial charge in [-0.3, -0.25) is 9.78 Å². The van der Waals surface area contributed by atoms with Crippen LogP contribution in [0.2, 0.25) is 51.4 Å². The van der Waals surface area contributed by atoms with E-state index in [1.807, 2.05) is 66.7 Å². The summed E-state index contributed by atoms with van der Waals surface area (Å²) in [6, 6.07) is 55.8. The van der Waals surface area contributed by atoms with Gasteiger partial charge in [0, 0.05) is 63.7 Å². The zero-order valence-corrected chi connectivity index (χ0v) is 63.3. The molecule has 16 heteroatoms. The van der Waals surface area contributed by atoms with Crippen LogP contribution in [0.4, 0.5) is 0 Å². The Labute approximate surface area is 598 Å². The summed E-state index contributed by atoms with van der Waals surface area (Å²) < 4.78 is 20.9. The van der Waals surface area contributed by atoms with Crippen LogP contribution in [-0.4, -0.2) is 86.8 Å². The van der Waals surface area contributed by atoms with Gasteiger partial charge in [0.25, 0.3) is 5.71 Å². The number of ether oxygens (including phenoxy) is 2. The van der Waals surface area contributed by atoms with Gasteiger partial charge in [-0.15, -0.1) is 22.1 Å². The molecule has 0 saturated heterocycles. The van der Waals surface area contributed by atoms with Gasteiger partial charge in [0.2, 0.25) is 22.9 Å². The maximum absolute atomic E-state index is 14.3. The Balaban J connectivity index is 0.000000167. The van der Waals surface area contributed by atoms with E-state index in [-0.39, 0.29) is 50.0 Å². The quantitative estimate of drug-likeness (QED) is 0.0664. The van der Waals surface area contributed by atoms with Crippen molar-refractivity contribution in [3.63, 3.8) is 0 Å². The first-order valence-electron chi connectivity index (χ1n) is 34.0. The van der Waals surface area contributed by atoms with Crippen LogP contribution in [0.15, 0.2) is 181 Å². The number of ketones is 1. The van der Waals surface area contributed by atoms with E-state index < -0.39 is 27.5 Å². The molecule has 1 atom stereocenters. The Morgan fingerprint density at radius 1 is 0.560 bits per heavy atom. The molecule has 13 heterocycles. The molecule has 17 rings (SSSR count). The summed E-state index contributed by atoms with van der Waals surface area (Å²) in [6.07, 6.45) is 13.7. The molecule has 0 fully saturated rings. The zero-order chi connectivity index (χ0) is 68.1. The number of carbonyl (C=O) groups is 3. The molecule has 0 unspecified atom stereocenters. The van der Waals surface area contributed by atoms with Crippen LogP contribution in [0.5, 0.6) is 0 Å². The minimum Gasteiger partial charge on any atom is -0.657 e. The predicted molar refractivity (Wildman–Crippen MR) is 402 cm³/mol. The Morgan fingerprint density at radius 2 is 1.09 bits per heavy atom. The van der Waals surface area contributed by atoms with E-state index in [9.17, 15) is 14.4 Å². The number of carbonyl (C=O) groups excluding carboxylic acids is 3. The fraction of sp³-hybridized carbons (Fsp3) is 0.250. The molecule has 4 aromatic carbocycles. The zero-order valence-electron chi connectivity index (χ0n) is 58.3. The van der Waals surface area contributed by atoms with E-state index in [0.29, 0.717) is 30.1 Å². The van der Waals surface area contributed by atoms with Crippen molar-refractivity contribution >= 4 is 103 Å². The molecule has 8 bridgehead atoms. The van der Waals surface area contributed by atoms with E-state index in [2.05, 4.69) is 227 Å². The second-order valence-corrected chi connectivity index (χ2v) is 41.9. The minimum atomic E-state index is -1.31. The molecule has 9 aromatic rings. The molecule has 8 aliphatic rings. The topological polar surface area (TPSA) is 140 Å². The van der Waals surface area contributed by atoms with Crippen molar-refractivity contribution in [1.29, 1.82) is 0 Å². The SMILES string of the molecule is C.Cc1ccc(-c2c3nc(c(-c4ccc(C(=O)OCC[Si](C)(C)C)cc4)c4ccc(cc5nc(cc6ccc2[n-]6)C(C)(C)C5)[n-]4)C=C3)cc1.Cc1ccc(C2=C3C=CC4=[N+]3[C@@]35n6c(ccc62)C=C2[N+]3=C(C=c3ccc(n35)=C4c3ccc(C(=O)OCC[Si](C)(C)C)cc3)C(=O)C2(C)C)cc1.[Zn+2]. The summed E-state index contributed by atoms with van der Waals surface area (Å²) in [5.74, 6) is -1.36. The Kier molecular flexibility index (Phi) is 16.6. The molecule has 13 nitrogen and oxygen atoms in total. The van der Waals surface area contributed by atoms with Crippen LogP contribution in [0, 0.1) is 19.3 Å². The number of aromatic nitrogens is 6. The molecule has 1 spiro atoms. The Morgan fingerprint density at radius 3 is 1.66 bits per heavy atom. The van der Waals surface area contributed by atoms with Crippen molar-refractivity contribution in [2.45, 2.75) is 118 Å². The standard InChI is InChI=1S/C42H38N4O3Si.C41H41N4O2Si.CH4.Zn/c1-25-7-9-26(10-8-25)37-32-18-16-30-24-36-41(2,3)39(47)35-23-29-15-17-31-38(27-11-13-28(14-12-27)40(48)49-21-22-50(4,5)6)34-20-19-33(37)45(34)42(43(29)31,44(30)32)46(35)36;1-26-7-9-27(10-8-26)38-34-18-16-31(43-34)24-37-41(2,3)25-32(44-37)23-30-15-17-33(42-30)39(36-20-19-35(38)45-36)28-11-13-29(14-12-28)40(46)47-21-22-48(4,5)6;;/h7-20,23-24H,21-22H2,1-6H3;7-20,23-24H,21-22,25H2,1-6H3,(H-,42,43,44,45,46);1H4;/q+2;-1;;+2/p-1/t42-;;;/m1.../s1. The third-order valence-corrected chi connectivity index (χ3v) is 23.7. The van der Waals surface area contributed by atoms with Crippen LogP contribution >= 0.6 is 0 Å². The number of fused-ring (bicyclic) bond motifs is 8. The first kappa shape index (κ1) is 67.5. The first-order chi connectivity index (χ1) is 46.8. The number of rotatable bonds is 12. The summed E-state index contributed by atoms with van der Waals surface area (Å²) >= 11 is 0. The second kappa shape index (κ2) is 24.6. The number of Topliss-reactive ketones (excluding diaryl/α,β-unsaturated/α-hetero) is 1. The fourth-order valence-corrected chi connectivity index (χ4v) is 16.4. The number of benzene rings is 4. The average molecular weight is 1410 g/mol. The van der Waals surface area contributed by atoms with Crippen LogP contribution in [0.1, 0.15) is 112 Å². The summed E-state index contributed by atoms with van der Waals surface area (Å²) in [5.41, 5.74) is 23.9. The molecule has 5 aromatic heterocycles. The van der Waals surface area contributed by atoms with Gasteiger partial charge in [0.05, 0.1) is 69.0 Å². The van der Waals surface area contributed by atoms with Gasteiger partial charge in [0.1, 0.15) is 5.41 Å². The molecular weight excluding hydrogens is 1320 g/mol. The molecule has 0 saturated carbocycles. The van der Waals surface area contributed by atoms with Crippen LogP contribution in [0.25, 0.3) is 79.8 Å². The third kappa shape index (κ3) is 11.2. The van der Waals surface area contributed by atoms with Gasteiger partial charge in [-0.05, 0) is 134 Å². The molecule has 100 heavy (non-hydrogen) atoms. The van der Waals surface area contributed by atoms with E-state index in [1.165, 1.54) is 11.1 Å². The number of hydrogen-bond donors (Lipinski definition) is 0. The second-order valence-electron chi connectivity index (χ2n) is 30.7.